The summed E-state index contributed by atoms with van der Waals surface area (Å²) in [5, 5.41) is 0. The highest BCUT2D eigenvalue weighted by Gasteiger charge is 2.45. The average molecular weight is 453 g/mol. The second kappa shape index (κ2) is 10.6. The smallest absolute Gasteiger partial charge is 0.0845 e. The molecule has 184 valence electrons. The van der Waals surface area contributed by atoms with Gasteiger partial charge in [0, 0.05) is 31.8 Å². The fraction of sp³-hybridized carbons (Fsp3) is 1.00. The van der Waals surface area contributed by atoms with Crippen molar-refractivity contribution in [1.82, 2.24) is 0 Å². The number of hydrogen-bond acceptors (Lipinski definition) is 6. The molecule has 32 heavy (non-hydrogen) atoms. The van der Waals surface area contributed by atoms with Gasteiger partial charge in [-0.1, -0.05) is 6.92 Å². The highest BCUT2D eigenvalue weighted by molar-refractivity contribution is 4.92. The van der Waals surface area contributed by atoms with Crippen molar-refractivity contribution in [2.75, 3.05) is 46.2 Å². The molecule has 5 aliphatic rings. The summed E-state index contributed by atoms with van der Waals surface area (Å²) in [5.74, 6) is 1.89. The molecule has 5 fully saturated rings. The third-order valence-electron chi connectivity index (χ3n) is 8.23. The van der Waals surface area contributed by atoms with Crippen LogP contribution in [0.4, 0.5) is 0 Å². The molecule has 2 saturated carbocycles. The van der Waals surface area contributed by atoms with Gasteiger partial charge >= 0.3 is 0 Å². The highest BCUT2D eigenvalue weighted by atomic mass is 16.6. The minimum Gasteiger partial charge on any atom is -0.380 e. The van der Waals surface area contributed by atoms with Crippen molar-refractivity contribution < 1.29 is 28.4 Å². The van der Waals surface area contributed by atoms with E-state index in [1.165, 1.54) is 38.5 Å². The van der Waals surface area contributed by atoms with Crippen LogP contribution in [0.2, 0.25) is 0 Å². The van der Waals surface area contributed by atoms with Crippen LogP contribution in [0.3, 0.4) is 0 Å². The number of fused-ring (bicyclic) bond motifs is 2. The molecule has 6 heteroatoms. The van der Waals surface area contributed by atoms with E-state index in [0.717, 1.165) is 39.3 Å². The lowest BCUT2D eigenvalue weighted by Crippen LogP contribution is -2.37. The Kier molecular flexibility index (Phi) is 7.76. The zero-order valence-electron chi connectivity index (χ0n) is 20.2. The molecule has 3 saturated heterocycles. The summed E-state index contributed by atoms with van der Waals surface area (Å²) < 4.78 is 35.9. The molecule has 3 aliphatic heterocycles. The monoisotopic (exact) mass is 452 g/mol. The van der Waals surface area contributed by atoms with E-state index in [1.54, 1.807) is 0 Å². The summed E-state index contributed by atoms with van der Waals surface area (Å²) in [4.78, 5) is 0. The second-order valence-electron chi connectivity index (χ2n) is 11.7. The fourth-order valence-corrected chi connectivity index (χ4v) is 6.06. The minimum absolute atomic E-state index is 0.114. The molecule has 0 aromatic heterocycles. The number of ether oxygens (including phenoxy) is 6. The van der Waals surface area contributed by atoms with Crippen molar-refractivity contribution in [3.63, 3.8) is 0 Å². The lowest BCUT2D eigenvalue weighted by molar-refractivity contribution is -0.0850. The summed E-state index contributed by atoms with van der Waals surface area (Å²) in [6.07, 6.45) is 11.9. The molecule has 0 amide bonds. The lowest BCUT2D eigenvalue weighted by atomic mass is 9.89. The molecule has 5 rings (SSSR count). The van der Waals surface area contributed by atoms with Gasteiger partial charge in [0.25, 0.3) is 0 Å². The molecular weight excluding hydrogens is 408 g/mol. The van der Waals surface area contributed by atoms with Crippen molar-refractivity contribution in [2.24, 2.45) is 23.2 Å². The maximum Gasteiger partial charge on any atom is 0.0845 e. The second-order valence-corrected chi connectivity index (χ2v) is 11.7. The van der Waals surface area contributed by atoms with Crippen LogP contribution in [0.15, 0.2) is 0 Å². The molecule has 3 heterocycles. The van der Waals surface area contributed by atoms with Crippen LogP contribution in [-0.2, 0) is 28.4 Å². The van der Waals surface area contributed by atoms with Crippen molar-refractivity contribution in [2.45, 2.75) is 95.7 Å². The van der Waals surface area contributed by atoms with Crippen LogP contribution < -0.4 is 0 Å². The number of epoxide rings is 2. The third-order valence-corrected chi connectivity index (χ3v) is 8.23. The topological polar surface area (TPSA) is 62.0 Å². The predicted molar refractivity (Wildman–Crippen MR) is 121 cm³/mol. The first-order valence-corrected chi connectivity index (χ1v) is 13.2. The van der Waals surface area contributed by atoms with Crippen molar-refractivity contribution >= 4 is 0 Å². The SMILES string of the molecule is CC1CC(COCC(C)(COCC2CCC3OC3C2)COCC2CCC3O[C@H]3C2)CCO1. The normalized spacial score (nSPS) is 42.6. The van der Waals surface area contributed by atoms with E-state index < -0.39 is 0 Å². The van der Waals surface area contributed by atoms with Crippen LogP contribution in [-0.4, -0.2) is 76.8 Å². The van der Waals surface area contributed by atoms with E-state index in [0.29, 0.717) is 68.1 Å². The van der Waals surface area contributed by atoms with Crippen molar-refractivity contribution in [3.05, 3.63) is 0 Å². The van der Waals surface area contributed by atoms with Gasteiger partial charge in [-0.15, -0.1) is 0 Å². The number of rotatable bonds is 12. The van der Waals surface area contributed by atoms with Crippen LogP contribution in [0.5, 0.6) is 0 Å². The van der Waals surface area contributed by atoms with Gasteiger partial charge in [0.05, 0.1) is 50.3 Å². The minimum atomic E-state index is -0.114. The van der Waals surface area contributed by atoms with E-state index >= 15 is 0 Å². The Morgan fingerprint density at radius 3 is 1.62 bits per heavy atom. The first-order valence-electron chi connectivity index (χ1n) is 13.2. The summed E-state index contributed by atoms with van der Waals surface area (Å²) in [6.45, 7) is 9.86. The standard InChI is InChI=1S/C26H44O6/c1-18-9-21(7-8-30-18)14-29-17-26(2,15-27-12-19-3-5-22-24(10-19)31-22)16-28-13-20-4-6-23-25(11-20)32-23/h18-25H,3-17H2,1-2H3/t18?,19?,20?,21?,22?,23?,24-,25?,26?/m0/s1. The average Bonchev–Trinajstić information content (AvgIpc) is 3.68. The molecular formula is C26H44O6. The molecule has 2 aliphatic carbocycles. The van der Waals surface area contributed by atoms with Crippen LogP contribution >= 0.6 is 0 Å². The Bertz CT molecular complexity index is 546. The van der Waals surface area contributed by atoms with E-state index in [-0.39, 0.29) is 5.41 Å². The Balaban J connectivity index is 1.05. The zero-order chi connectivity index (χ0) is 22.0. The Labute approximate surface area is 194 Å². The predicted octanol–water partition coefficient (Wildman–Crippen LogP) is 3.99. The van der Waals surface area contributed by atoms with Crippen molar-refractivity contribution in [3.8, 4) is 0 Å². The van der Waals surface area contributed by atoms with Crippen LogP contribution in [0.1, 0.15) is 65.2 Å². The summed E-state index contributed by atoms with van der Waals surface area (Å²) in [5.41, 5.74) is -0.114. The molecule has 0 radical (unpaired) electrons. The number of hydrogen-bond donors (Lipinski definition) is 0. The van der Waals surface area contributed by atoms with Gasteiger partial charge in [0.15, 0.2) is 0 Å². The molecule has 8 unspecified atom stereocenters. The third kappa shape index (κ3) is 6.67. The Hall–Kier alpha value is -0.240. The van der Waals surface area contributed by atoms with E-state index in [9.17, 15) is 0 Å². The van der Waals surface area contributed by atoms with E-state index in [1.807, 2.05) is 0 Å². The Morgan fingerprint density at radius 1 is 0.656 bits per heavy atom. The maximum absolute atomic E-state index is 6.28. The van der Waals surface area contributed by atoms with Gasteiger partial charge in [-0.05, 0) is 76.0 Å². The highest BCUT2D eigenvalue weighted by Crippen LogP contribution is 2.40. The summed E-state index contributed by atoms with van der Waals surface area (Å²) in [6, 6.07) is 0. The maximum atomic E-state index is 6.28. The molecule has 0 aromatic carbocycles. The molecule has 0 bridgehead atoms. The van der Waals surface area contributed by atoms with Crippen LogP contribution in [0, 0.1) is 23.2 Å². The van der Waals surface area contributed by atoms with Crippen molar-refractivity contribution in [1.29, 1.82) is 0 Å². The zero-order valence-corrected chi connectivity index (χ0v) is 20.2. The van der Waals surface area contributed by atoms with Gasteiger partial charge in [0.1, 0.15) is 0 Å². The first kappa shape index (κ1) is 23.5. The van der Waals surface area contributed by atoms with E-state index in [4.69, 9.17) is 28.4 Å². The quantitative estimate of drug-likeness (QED) is 0.417. The summed E-state index contributed by atoms with van der Waals surface area (Å²) >= 11 is 0. The van der Waals surface area contributed by atoms with Crippen LogP contribution in [0.25, 0.3) is 0 Å². The molecule has 6 nitrogen and oxygen atoms in total. The largest absolute Gasteiger partial charge is 0.380 e. The molecule has 9 atom stereocenters. The molecule has 0 aromatic rings. The van der Waals surface area contributed by atoms with Gasteiger partial charge < -0.3 is 28.4 Å². The van der Waals surface area contributed by atoms with Gasteiger partial charge in [-0.2, -0.15) is 0 Å². The van der Waals surface area contributed by atoms with Gasteiger partial charge in [-0.3, -0.25) is 0 Å². The Morgan fingerprint density at radius 2 is 1.16 bits per heavy atom. The van der Waals surface area contributed by atoms with Gasteiger partial charge in [-0.25, -0.2) is 0 Å². The fourth-order valence-electron chi connectivity index (χ4n) is 6.06. The molecule has 0 N–H and O–H groups in total. The lowest BCUT2D eigenvalue weighted by Gasteiger charge is -2.32. The van der Waals surface area contributed by atoms with Gasteiger partial charge in [0.2, 0.25) is 0 Å². The summed E-state index contributed by atoms with van der Waals surface area (Å²) in [7, 11) is 0. The molecule has 0 spiro atoms. The first-order chi connectivity index (χ1) is 15.6. The van der Waals surface area contributed by atoms with E-state index in [2.05, 4.69) is 13.8 Å².